The van der Waals surface area contributed by atoms with Gasteiger partial charge in [0, 0.05) is 5.56 Å². The first-order valence-electron chi connectivity index (χ1n) is 5.46. The summed E-state index contributed by atoms with van der Waals surface area (Å²) in [6, 6.07) is 7.63. The van der Waals surface area contributed by atoms with Crippen LogP contribution in [0, 0.1) is 17.2 Å². The Hall–Kier alpha value is -1.95. The van der Waals surface area contributed by atoms with Gasteiger partial charge in [0.1, 0.15) is 11.5 Å². The number of hydrogen-bond donors (Lipinski definition) is 0. The Morgan fingerprint density at radius 3 is 2.47 bits per heavy atom. The van der Waals surface area contributed by atoms with E-state index in [1.165, 1.54) is 0 Å². The molecule has 0 fully saturated rings. The van der Waals surface area contributed by atoms with Gasteiger partial charge in [-0.25, -0.2) is 0 Å². The van der Waals surface area contributed by atoms with E-state index < -0.39 is 0 Å². The molecule has 1 rings (SSSR count). The van der Waals surface area contributed by atoms with Crippen LogP contribution in [0.3, 0.4) is 0 Å². The van der Waals surface area contributed by atoms with Crippen molar-refractivity contribution in [1.29, 1.82) is 5.26 Å². The molecule has 17 heavy (non-hydrogen) atoms. The van der Waals surface area contributed by atoms with Crippen molar-refractivity contribution in [3.8, 4) is 17.6 Å². The summed E-state index contributed by atoms with van der Waals surface area (Å²) in [4.78, 5) is 0. The minimum absolute atomic E-state index is 0.306. The fraction of sp³-hybridized carbons (Fsp3) is 0.357. The largest absolute Gasteiger partial charge is 0.497 e. The molecule has 0 aromatic heterocycles. The van der Waals surface area contributed by atoms with Crippen molar-refractivity contribution >= 4 is 5.57 Å². The zero-order valence-electron chi connectivity index (χ0n) is 10.7. The van der Waals surface area contributed by atoms with E-state index in [-0.39, 0.29) is 0 Å². The van der Waals surface area contributed by atoms with Gasteiger partial charge in [0.25, 0.3) is 0 Å². The molecule has 0 amide bonds. The van der Waals surface area contributed by atoms with Crippen LogP contribution >= 0.6 is 0 Å². The average Bonchev–Trinajstić information content (AvgIpc) is 2.34. The summed E-state index contributed by atoms with van der Waals surface area (Å²) in [7, 11) is 3.19. The molecule has 0 aliphatic carbocycles. The maximum Gasteiger partial charge on any atom is 0.127 e. The zero-order chi connectivity index (χ0) is 12.8. The zero-order valence-corrected chi connectivity index (χ0v) is 10.7. The third-order valence-corrected chi connectivity index (χ3v) is 2.32. The van der Waals surface area contributed by atoms with Crippen molar-refractivity contribution in [1.82, 2.24) is 0 Å². The van der Waals surface area contributed by atoms with E-state index in [2.05, 4.69) is 6.07 Å². The van der Waals surface area contributed by atoms with Gasteiger partial charge in [0.05, 0.1) is 25.9 Å². The molecule has 0 spiro atoms. The Morgan fingerprint density at radius 2 is 2.00 bits per heavy atom. The van der Waals surface area contributed by atoms with Crippen LogP contribution in [0.1, 0.15) is 19.4 Å². The molecular formula is C14H17NO2. The lowest BCUT2D eigenvalue weighted by Gasteiger charge is -2.10. The predicted octanol–water partition coefficient (Wildman–Crippen LogP) is 3.27. The van der Waals surface area contributed by atoms with Gasteiger partial charge in [-0.15, -0.1) is 0 Å². The van der Waals surface area contributed by atoms with Crippen LogP contribution in [-0.4, -0.2) is 14.2 Å². The van der Waals surface area contributed by atoms with E-state index in [4.69, 9.17) is 9.47 Å². The second-order valence-corrected chi connectivity index (χ2v) is 4.00. The molecule has 0 unspecified atom stereocenters. The van der Waals surface area contributed by atoms with Crippen LogP contribution in [0.25, 0.3) is 5.57 Å². The molecule has 3 nitrogen and oxygen atoms in total. The van der Waals surface area contributed by atoms with E-state index in [9.17, 15) is 5.26 Å². The molecule has 0 saturated heterocycles. The number of benzene rings is 1. The third-order valence-electron chi connectivity index (χ3n) is 2.32. The highest BCUT2D eigenvalue weighted by Gasteiger charge is 2.10. The molecule has 0 atom stereocenters. The summed E-state index contributed by atoms with van der Waals surface area (Å²) in [6.07, 6.45) is 1.91. The number of allylic oxidation sites excluding steroid dienone is 2. The van der Waals surface area contributed by atoms with Gasteiger partial charge in [-0.1, -0.05) is 19.9 Å². The Bertz CT molecular complexity index is 456. The summed E-state index contributed by atoms with van der Waals surface area (Å²) in [5.74, 6) is 1.70. The molecule has 1 aromatic carbocycles. The molecule has 0 saturated carbocycles. The third kappa shape index (κ3) is 3.25. The first-order valence-corrected chi connectivity index (χ1v) is 5.46. The summed E-state index contributed by atoms with van der Waals surface area (Å²) in [5.41, 5.74) is 1.37. The lowest BCUT2D eigenvalue weighted by molar-refractivity contribution is 0.402. The second kappa shape index (κ2) is 5.95. The summed E-state index contributed by atoms with van der Waals surface area (Å²) < 4.78 is 10.4. The van der Waals surface area contributed by atoms with Crippen LogP contribution in [0.5, 0.6) is 11.5 Å². The van der Waals surface area contributed by atoms with Crippen molar-refractivity contribution in [2.75, 3.05) is 14.2 Å². The van der Waals surface area contributed by atoms with Crippen molar-refractivity contribution in [2.45, 2.75) is 13.8 Å². The Kier molecular flexibility index (Phi) is 4.59. The van der Waals surface area contributed by atoms with E-state index in [1.807, 2.05) is 32.1 Å². The average molecular weight is 231 g/mol. The molecule has 0 N–H and O–H groups in total. The van der Waals surface area contributed by atoms with Gasteiger partial charge in [-0.05, 0) is 24.1 Å². The van der Waals surface area contributed by atoms with Gasteiger partial charge >= 0.3 is 0 Å². The maximum atomic E-state index is 9.20. The number of ether oxygens (including phenoxy) is 2. The van der Waals surface area contributed by atoms with E-state index in [0.717, 1.165) is 5.56 Å². The van der Waals surface area contributed by atoms with E-state index in [0.29, 0.717) is 23.0 Å². The van der Waals surface area contributed by atoms with Gasteiger partial charge < -0.3 is 9.47 Å². The quantitative estimate of drug-likeness (QED) is 0.747. The highest BCUT2D eigenvalue weighted by Crippen LogP contribution is 2.30. The van der Waals surface area contributed by atoms with Crippen LogP contribution in [-0.2, 0) is 0 Å². The van der Waals surface area contributed by atoms with E-state index in [1.54, 1.807) is 20.3 Å². The smallest absolute Gasteiger partial charge is 0.127 e. The normalized spacial score (nSPS) is 11.2. The van der Waals surface area contributed by atoms with Crippen molar-refractivity contribution in [3.63, 3.8) is 0 Å². The van der Waals surface area contributed by atoms with Crippen molar-refractivity contribution in [2.24, 2.45) is 5.92 Å². The topological polar surface area (TPSA) is 42.2 Å². The Balaban J connectivity index is 3.31. The Morgan fingerprint density at radius 1 is 1.29 bits per heavy atom. The first kappa shape index (κ1) is 13.1. The van der Waals surface area contributed by atoms with Gasteiger partial charge in [0.2, 0.25) is 0 Å². The van der Waals surface area contributed by atoms with Crippen LogP contribution < -0.4 is 9.47 Å². The van der Waals surface area contributed by atoms with Crippen LogP contribution in [0.4, 0.5) is 0 Å². The maximum absolute atomic E-state index is 9.20. The minimum Gasteiger partial charge on any atom is -0.497 e. The summed E-state index contributed by atoms with van der Waals surface area (Å²) >= 11 is 0. The van der Waals surface area contributed by atoms with E-state index >= 15 is 0 Å². The molecule has 3 heteroatoms. The van der Waals surface area contributed by atoms with Crippen molar-refractivity contribution in [3.05, 3.63) is 29.8 Å². The van der Waals surface area contributed by atoms with Crippen molar-refractivity contribution < 1.29 is 9.47 Å². The molecule has 0 aliphatic heterocycles. The molecule has 0 bridgehead atoms. The lowest BCUT2D eigenvalue weighted by Crippen LogP contribution is -1.94. The second-order valence-electron chi connectivity index (χ2n) is 4.00. The first-order chi connectivity index (χ1) is 8.12. The highest BCUT2D eigenvalue weighted by atomic mass is 16.5. The Labute approximate surface area is 102 Å². The molecule has 0 heterocycles. The summed E-state index contributed by atoms with van der Waals surface area (Å²) in [6.45, 7) is 4.06. The molecule has 0 aliphatic rings. The number of rotatable bonds is 4. The van der Waals surface area contributed by atoms with Gasteiger partial charge in [0.15, 0.2) is 0 Å². The van der Waals surface area contributed by atoms with Crippen LogP contribution in [0.15, 0.2) is 24.3 Å². The molecular weight excluding hydrogens is 214 g/mol. The monoisotopic (exact) mass is 231 g/mol. The fourth-order valence-corrected chi connectivity index (χ4v) is 1.55. The standard InChI is InChI=1S/C14H17NO2/c1-10(2)7-11(9-15)13-8-12(16-3)5-6-14(13)17-4/h5-8,10H,1-4H3/b11-7+. The highest BCUT2D eigenvalue weighted by molar-refractivity contribution is 5.81. The SMILES string of the molecule is COc1ccc(OC)c(/C(C#N)=C/C(C)C)c1. The number of hydrogen-bond acceptors (Lipinski definition) is 3. The number of methoxy groups -OCH3 is 2. The van der Waals surface area contributed by atoms with Gasteiger partial charge in [-0.3, -0.25) is 0 Å². The molecule has 90 valence electrons. The minimum atomic E-state index is 0.306. The van der Waals surface area contributed by atoms with Crippen LogP contribution in [0.2, 0.25) is 0 Å². The molecule has 1 aromatic rings. The predicted molar refractivity (Wildman–Crippen MR) is 68.0 cm³/mol. The molecule has 0 radical (unpaired) electrons. The number of nitriles is 1. The number of nitrogens with zero attached hydrogens (tertiary/aromatic N) is 1. The van der Waals surface area contributed by atoms with Gasteiger partial charge in [-0.2, -0.15) is 5.26 Å². The summed E-state index contributed by atoms with van der Waals surface area (Å²) in [5, 5.41) is 9.20. The lowest BCUT2D eigenvalue weighted by atomic mass is 10.0. The fourth-order valence-electron chi connectivity index (χ4n) is 1.55.